The highest BCUT2D eigenvalue weighted by atomic mass is 19.4. The van der Waals surface area contributed by atoms with Crippen LogP contribution in [-0.4, -0.2) is 6.36 Å². The van der Waals surface area contributed by atoms with Crippen LogP contribution in [0.25, 0.3) is 0 Å². The van der Waals surface area contributed by atoms with Crippen LogP contribution < -0.4 is 9.47 Å². The maximum Gasteiger partial charge on any atom is 0.573 e. The molecule has 2 nitrogen and oxygen atoms in total. The van der Waals surface area contributed by atoms with Crippen molar-refractivity contribution in [2.75, 3.05) is 0 Å². The Hall–Kier alpha value is -2.31. The van der Waals surface area contributed by atoms with Crippen molar-refractivity contribution < 1.29 is 31.4 Å². The molecule has 0 bridgehead atoms. The van der Waals surface area contributed by atoms with Crippen molar-refractivity contribution in [2.45, 2.75) is 109 Å². The molecule has 2 aromatic carbocycles. The largest absolute Gasteiger partial charge is 0.573 e. The van der Waals surface area contributed by atoms with Gasteiger partial charge in [-0.15, -0.1) is 13.2 Å². The Morgan fingerprint density at radius 2 is 1.12 bits per heavy atom. The fourth-order valence-electron chi connectivity index (χ4n) is 6.73. The summed E-state index contributed by atoms with van der Waals surface area (Å²) in [5.74, 6) is 2.73. The van der Waals surface area contributed by atoms with Crippen LogP contribution in [0.1, 0.15) is 102 Å². The Bertz CT molecular complexity index is 1000. The third-order valence-corrected chi connectivity index (χ3v) is 9.10. The van der Waals surface area contributed by atoms with Crippen LogP contribution >= 0.6 is 0 Å². The molecule has 40 heavy (non-hydrogen) atoms. The lowest BCUT2D eigenvalue weighted by Crippen LogP contribution is -2.26. The Labute approximate surface area is 235 Å². The molecule has 222 valence electrons. The number of unbranched alkanes of at least 4 members (excludes halogenated alkanes) is 2. The number of alkyl halides is 5. The molecule has 7 heteroatoms. The van der Waals surface area contributed by atoms with E-state index in [4.69, 9.17) is 4.74 Å². The monoisotopic (exact) mass is 566 g/mol. The highest BCUT2D eigenvalue weighted by molar-refractivity contribution is 5.33. The van der Waals surface area contributed by atoms with Crippen molar-refractivity contribution in [1.82, 2.24) is 0 Å². The second kappa shape index (κ2) is 14.0. The summed E-state index contributed by atoms with van der Waals surface area (Å²) >= 11 is 0. The van der Waals surface area contributed by atoms with E-state index in [0.29, 0.717) is 5.92 Å². The van der Waals surface area contributed by atoms with Gasteiger partial charge in [0.25, 0.3) is 0 Å². The minimum absolute atomic E-state index is 0.251. The molecule has 2 fully saturated rings. The van der Waals surface area contributed by atoms with Gasteiger partial charge in [0.05, 0.1) is 5.56 Å². The molecule has 0 N–H and O–H groups in total. The van der Waals surface area contributed by atoms with Crippen molar-refractivity contribution in [1.29, 1.82) is 0 Å². The first kappa shape index (κ1) is 30.6. The molecule has 4 rings (SSSR count). The first-order valence-electron chi connectivity index (χ1n) is 15.1. The van der Waals surface area contributed by atoms with Gasteiger partial charge in [0.1, 0.15) is 11.5 Å². The van der Waals surface area contributed by atoms with Crippen LogP contribution in [0, 0.1) is 23.7 Å². The minimum Gasteiger partial charge on any atom is -0.429 e. The van der Waals surface area contributed by atoms with Crippen molar-refractivity contribution >= 4 is 0 Å². The SMILES string of the molecule is CCCCC[C@H]1CC[C@H]([C@H]2CC[C@H](CCc3ccc(C(F)(F)Oc4ccc(OC(F)(F)F)cc4)cc3)CC2)CC1. The lowest BCUT2D eigenvalue weighted by molar-refractivity contribution is -0.274. The van der Waals surface area contributed by atoms with Crippen LogP contribution in [0.5, 0.6) is 11.5 Å². The number of aryl methyl sites for hydroxylation is 1. The molecule has 2 aromatic rings. The van der Waals surface area contributed by atoms with Gasteiger partial charge in [-0.05, 0) is 104 Å². The van der Waals surface area contributed by atoms with Gasteiger partial charge in [0.15, 0.2) is 0 Å². The van der Waals surface area contributed by atoms with E-state index in [0.717, 1.165) is 60.4 Å². The molecular formula is C33H43F5O2. The number of hydrogen-bond acceptors (Lipinski definition) is 2. The third kappa shape index (κ3) is 9.37. The highest BCUT2D eigenvalue weighted by Gasteiger charge is 2.35. The topological polar surface area (TPSA) is 18.5 Å². The zero-order chi connectivity index (χ0) is 28.6. The second-order valence-electron chi connectivity index (χ2n) is 11.9. The number of ether oxygens (including phenoxy) is 2. The van der Waals surface area contributed by atoms with Gasteiger partial charge in [-0.2, -0.15) is 8.78 Å². The van der Waals surface area contributed by atoms with Crippen LogP contribution in [0.15, 0.2) is 48.5 Å². The average Bonchev–Trinajstić information content (AvgIpc) is 2.93. The minimum atomic E-state index is -4.85. The maximum absolute atomic E-state index is 14.7. The first-order chi connectivity index (χ1) is 19.1. The molecule has 2 aliphatic carbocycles. The van der Waals surface area contributed by atoms with Gasteiger partial charge in [-0.3, -0.25) is 0 Å². The molecule has 0 amide bonds. The van der Waals surface area contributed by atoms with E-state index < -0.39 is 18.2 Å². The van der Waals surface area contributed by atoms with Gasteiger partial charge < -0.3 is 9.47 Å². The number of rotatable bonds is 12. The van der Waals surface area contributed by atoms with Gasteiger partial charge in [-0.1, -0.05) is 70.4 Å². The van der Waals surface area contributed by atoms with Gasteiger partial charge in [0, 0.05) is 0 Å². The van der Waals surface area contributed by atoms with E-state index in [1.54, 1.807) is 12.1 Å². The average molecular weight is 567 g/mol. The van der Waals surface area contributed by atoms with Crippen molar-refractivity contribution in [2.24, 2.45) is 23.7 Å². The Kier molecular flexibility index (Phi) is 10.8. The lowest BCUT2D eigenvalue weighted by Gasteiger charge is -2.38. The number of halogens is 5. The van der Waals surface area contributed by atoms with E-state index in [2.05, 4.69) is 11.7 Å². The maximum atomic E-state index is 14.7. The molecule has 2 saturated carbocycles. The summed E-state index contributed by atoms with van der Waals surface area (Å²) in [5.41, 5.74) is 0.726. The summed E-state index contributed by atoms with van der Waals surface area (Å²) in [6, 6.07) is 10.1. The van der Waals surface area contributed by atoms with E-state index in [9.17, 15) is 22.0 Å². The molecule has 0 saturated heterocycles. The Morgan fingerprint density at radius 1 is 0.625 bits per heavy atom. The van der Waals surface area contributed by atoms with E-state index in [1.165, 1.54) is 89.2 Å². The van der Waals surface area contributed by atoms with E-state index in [-0.39, 0.29) is 11.3 Å². The summed E-state index contributed by atoms with van der Waals surface area (Å²) in [6.45, 7) is 2.28. The summed E-state index contributed by atoms with van der Waals surface area (Å²) in [7, 11) is 0. The Morgan fingerprint density at radius 3 is 1.62 bits per heavy atom. The lowest BCUT2D eigenvalue weighted by atomic mass is 9.68. The fraction of sp³-hybridized carbons (Fsp3) is 0.636. The van der Waals surface area contributed by atoms with Gasteiger partial charge in [0.2, 0.25) is 0 Å². The highest BCUT2D eigenvalue weighted by Crippen LogP contribution is 2.43. The third-order valence-electron chi connectivity index (χ3n) is 9.10. The standard InChI is InChI=1S/C33H43F5O2/c1-2-3-4-5-24-8-14-27(15-9-24)28-16-10-25(11-17-28)6-7-26-12-18-29(19-13-26)32(34,35)39-30-20-22-31(23-21-30)40-33(36,37)38/h12-13,18-25,27-28H,2-11,14-17H2,1H3/t24-,25-,27-,28-. The predicted octanol–water partition coefficient (Wildman–Crippen LogP) is 10.8. The fourth-order valence-corrected chi connectivity index (χ4v) is 6.73. The molecule has 0 atom stereocenters. The van der Waals surface area contributed by atoms with Crippen LogP contribution in [0.3, 0.4) is 0 Å². The Balaban J connectivity index is 1.17. The molecular weight excluding hydrogens is 523 g/mol. The van der Waals surface area contributed by atoms with Crippen molar-refractivity contribution in [3.63, 3.8) is 0 Å². The van der Waals surface area contributed by atoms with Crippen LogP contribution in [-0.2, 0) is 12.5 Å². The van der Waals surface area contributed by atoms with Crippen LogP contribution in [0.2, 0.25) is 0 Å². The molecule has 0 heterocycles. The van der Waals surface area contributed by atoms with Crippen molar-refractivity contribution in [3.05, 3.63) is 59.7 Å². The second-order valence-corrected chi connectivity index (χ2v) is 11.9. The summed E-state index contributed by atoms with van der Waals surface area (Å²) < 4.78 is 74.7. The normalized spacial score (nSPS) is 24.1. The number of hydrogen-bond donors (Lipinski definition) is 0. The molecule has 0 aromatic heterocycles. The van der Waals surface area contributed by atoms with Crippen LogP contribution in [0.4, 0.5) is 22.0 Å². The zero-order valence-corrected chi connectivity index (χ0v) is 23.5. The molecule has 0 radical (unpaired) electrons. The van der Waals surface area contributed by atoms with Gasteiger partial charge in [-0.25, -0.2) is 0 Å². The summed E-state index contributed by atoms with van der Waals surface area (Å²) in [4.78, 5) is 0. The molecule has 2 aliphatic rings. The predicted molar refractivity (Wildman–Crippen MR) is 147 cm³/mol. The van der Waals surface area contributed by atoms with Gasteiger partial charge >= 0.3 is 12.5 Å². The number of benzene rings is 2. The summed E-state index contributed by atoms with van der Waals surface area (Å²) in [6.07, 6.45) is 9.92. The zero-order valence-electron chi connectivity index (χ0n) is 23.5. The first-order valence-corrected chi connectivity index (χ1v) is 15.1. The quantitative estimate of drug-likeness (QED) is 0.188. The van der Waals surface area contributed by atoms with E-state index in [1.807, 2.05) is 0 Å². The van der Waals surface area contributed by atoms with Crippen molar-refractivity contribution in [3.8, 4) is 11.5 Å². The molecule has 0 unspecified atom stereocenters. The summed E-state index contributed by atoms with van der Waals surface area (Å²) in [5, 5.41) is 0. The van der Waals surface area contributed by atoms with E-state index >= 15 is 0 Å². The smallest absolute Gasteiger partial charge is 0.429 e. The molecule has 0 aliphatic heterocycles. The molecule has 0 spiro atoms.